The summed E-state index contributed by atoms with van der Waals surface area (Å²) >= 11 is 5.12. The van der Waals surface area contributed by atoms with Crippen molar-refractivity contribution in [2.45, 2.75) is 18.9 Å². The number of hydrogen-bond acceptors (Lipinski definition) is 3. The van der Waals surface area contributed by atoms with Gasteiger partial charge in [-0.1, -0.05) is 24.3 Å². The zero-order chi connectivity index (χ0) is 13.2. The molecule has 0 amide bonds. The van der Waals surface area contributed by atoms with E-state index in [1.807, 2.05) is 23.6 Å². The highest BCUT2D eigenvalue weighted by Gasteiger charge is 2.26. The first-order valence-electron chi connectivity index (χ1n) is 6.31. The maximum Gasteiger partial charge on any atom is 0.159 e. The second-order valence-electron chi connectivity index (χ2n) is 4.67. The highest BCUT2D eigenvalue weighted by atomic mass is 79.9. The molecule has 0 saturated carbocycles. The fourth-order valence-corrected chi connectivity index (χ4v) is 4.01. The van der Waals surface area contributed by atoms with Gasteiger partial charge in [0, 0.05) is 22.3 Å². The van der Waals surface area contributed by atoms with Crippen molar-refractivity contribution in [3.05, 3.63) is 56.2 Å². The van der Waals surface area contributed by atoms with Gasteiger partial charge in [0.25, 0.3) is 0 Å². The van der Waals surface area contributed by atoms with E-state index in [1.165, 1.54) is 5.56 Å². The SMILES string of the molecule is O=C(Cc1sccc1Br)C1NCCc2ccccc21. The van der Waals surface area contributed by atoms with Gasteiger partial charge >= 0.3 is 0 Å². The number of halogens is 1. The van der Waals surface area contributed by atoms with Crippen molar-refractivity contribution in [2.75, 3.05) is 6.54 Å². The number of rotatable bonds is 3. The van der Waals surface area contributed by atoms with Crippen molar-refractivity contribution in [2.24, 2.45) is 0 Å². The highest BCUT2D eigenvalue weighted by molar-refractivity contribution is 9.10. The Morgan fingerprint density at radius 1 is 1.37 bits per heavy atom. The molecule has 2 nitrogen and oxygen atoms in total. The number of carbonyl (C=O) groups is 1. The lowest BCUT2D eigenvalue weighted by atomic mass is 9.91. The molecule has 3 rings (SSSR count). The summed E-state index contributed by atoms with van der Waals surface area (Å²) < 4.78 is 1.04. The molecule has 0 radical (unpaired) electrons. The zero-order valence-electron chi connectivity index (χ0n) is 10.4. The van der Waals surface area contributed by atoms with Crippen LogP contribution in [0.1, 0.15) is 22.0 Å². The highest BCUT2D eigenvalue weighted by Crippen LogP contribution is 2.28. The first-order chi connectivity index (χ1) is 9.25. The Morgan fingerprint density at radius 3 is 3.00 bits per heavy atom. The molecule has 98 valence electrons. The van der Waals surface area contributed by atoms with Gasteiger partial charge in [-0.2, -0.15) is 0 Å². The van der Waals surface area contributed by atoms with Crippen LogP contribution in [-0.4, -0.2) is 12.3 Å². The number of hydrogen-bond donors (Lipinski definition) is 1. The van der Waals surface area contributed by atoms with Gasteiger partial charge in [0.05, 0.1) is 6.04 Å². The van der Waals surface area contributed by atoms with Gasteiger partial charge in [-0.15, -0.1) is 11.3 Å². The third-order valence-electron chi connectivity index (χ3n) is 3.46. The van der Waals surface area contributed by atoms with Crippen molar-refractivity contribution in [3.8, 4) is 0 Å². The standard InChI is InChI=1S/C15H14BrNOS/c16-12-6-8-19-14(12)9-13(18)15-11-4-2-1-3-10(11)5-7-17-15/h1-4,6,8,15,17H,5,7,9H2. The van der Waals surface area contributed by atoms with E-state index < -0.39 is 0 Å². The molecule has 1 atom stereocenters. The van der Waals surface area contributed by atoms with Crippen molar-refractivity contribution in [1.29, 1.82) is 0 Å². The molecular formula is C15H14BrNOS. The van der Waals surface area contributed by atoms with Gasteiger partial charge in [-0.3, -0.25) is 4.79 Å². The Labute approximate surface area is 125 Å². The number of fused-ring (bicyclic) bond motifs is 1. The van der Waals surface area contributed by atoms with Crippen LogP contribution in [0.5, 0.6) is 0 Å². The van der Waals surface area contributed by atoms with E-state index in [1.54, 1.807) is 11.3 Å². The lowest BCUT2D eigenvalue weighted by Gasteiger charge is -2.25. The van der Waals surface area contributed by atoms with Crippen molar-refractivity contribution in [1.82, 2.24) is 5.32 Å². The number of thiophene rings is 1. The number of carbonyl (C=O) groups excluding carboxylic acids is 1. The normalized spacial score (nSPS) is 18.1. The molecule has 1 aromatic carbocycles. The maximum absolute atomic E-state index is 12.5. The minimum atomic E-state index is -0.154. The molecule has 0 aliphatic carbocycles. The van der Waals surface area contributed by atoms with Gasteiger partial charge < -0.3 is 5.32 Å². The molecule has 0 saturated heterocycles. The molecule has 0 bridgehead atoms. The molecular weight excluding hydrogens is 322 g/mol. The second kappa shape index (κ2) is 5.57. The quantitative estimate of drug-likeness (QED) is 0.929. The average Bonchev–Trinajstić information content (AvgIpc) is 2.83. The molecule has 19 heavy (non-hydrogen) atoms. The van der Waals surface area contributed by atoms with Crippen LogP contribution >= 0.6 is 27.3 Å². The van der Waals surface area contributed by atoms with Crippen LogP contribution in [0.3, 0.4) is 0 Å². The Bertz CT molecular complexity index is 608. The second-order valence-corrected chi connectivity index (χ2v) is 6.53. The Hall–Kier alpha value is -0.970. The molecule has 0 spiro atoms. The van der Waals surface area contributed by atoms with Gasteiger partial charge in [0.2, 0.25) is 0 Å². The molecule has 1 aromatic heterocycles. The lowest BCUT2D eigenvalue weighted by Crippen LogP contribution is -2.35. The lowest BCUT2D eigenvalue weighted by molar-refractivity contribution is -0.120. The monoisotopic (exact) mass is 335 g/mol. The molecule has 2 heterocycles. The Balaban J connectivity index is 1.84. The minimum absolute atomic E-state index is 0.154. The van der Waals surface area contributed by atoms with Crippen LogP contribution in [0.4, 0.5) is 0 Å². The molecule has 1 unspecified atom stereocenters. The molecule has 2 aromatic rings. The van der Waals surface area contributed by atoms with Crippen LogP contribution in [0.2, 0.25) is 0 Å². The van der Waals surface area contributed by atoms with Crippen LogP contribution in [0.25, 0.3) is 0 Å². The van der Waals surface area contributed by atoms with Gasteiger partial charge in [0.15, 0.2) is 5.78 Å². The number of ketones is 1. The third-order valence-corrected chi connectivity index (χ3v) is 5.38. The largest absolute Gasteiger partial charge is 0.303 e. The van der Waals surface area contributed by atoms with Crippen LogP contribution in [0.15, 0.2) is 40.2 Å². The summed E-state index contributed by atoms with van der Waals surface area (Å²) in [6, 6.07) is 10.1. The summed E-state index contributed by atoms with van der Waals surface area (Å²) in [6.07, 6.45) is 1.49. The molecule has 1 N–H and O–H groups in total. The number of nitrogens with one attached hydrogen (secondary N) is 1. The van der Waals surface area contributed by atoms with Crippen LogP contribution in [-0.2, 0) is 17.6 Å². The molecule has 1 aliphatic heterocycles. The van der Waals surface area contributed by atoms with E-state index in [-0.39, 0.29) is 11.8 Å². The van der Waals surface area contributed by atoms with E-state index >= 15 is 0 Å². The predicted octanol–water partition coefficient (Wildman–Crippen LogP) is 3.51. The first-order valence-corrected chi connectivity index (χ1v) is 7.99. The summed E-state index contributed by atoms with van der Waals surface area (Å²) in [7, 11) is 0. The van der Waals surface area contributed by atoms with E-state index in [4.69, 9.17) is 0 Å². The topological polar surface area (TPSA) is 29.1 Å². The molecule has 1 aliphatic rings. The zero-order valence-corrected chi connectivity index (χ0v) is 12.8. The molecule has 0 fully saturated rings. The predicted molar refractivity (Wildman–Crippen MR) is 81.6 cm³/mol. The van der Waals surface area contributed by atoms with Crippen molar-refractivity contribution in [3.63, 3.8) is 0 Å². The Kier molecular flexibility index (Phi) is 3.82. The summed E-state index contributed by atoms with van der Waals surface area (Å²) in [6.45, 7) is 0.874. The summed E-state index contributed by atoms with van der Waals surface area (Å²) in [5.74, 6) is 0.246. The molecule has 4 heteroatoms. The van der Waals surface area contributed by atoms with Crippen molar-refractivity contribution >= 4 is 33.0 Å². The number of Topliss-reactive ketones (excluding diaryl/α,β-unsaturated/α-hetero) is 1. The van der Waals surface area contributed by atoms with E-state index in [9.17, 15) is 4.79 Å². The summed E-state index contributed by atoms with van der Waals surface area (Å²) in [4.78, 5) is 13.6. The smallest absolute Gasteiger partial charge is 0.159 e. The van der Waals surface area contributed by atoms with Crippen LogP contribution < -0.4 is 5.32 Å². The van der Waals surface area contributed by atoms with Crippen LogP contribution in [0, 0.1) is 0 Å². The fraction of sp³-hybridized carbons (Fsp3) is 0.267. The average molecular weight is 336 g/mol. The Morgan fingerprint density at radius 2 is 2.21 bits per heavy atom. The minimum Gasteiger partial charge on any atom is -0.303 e. The first kappa shape index (κ1) is 13.0. The van der Waals surface area contributed by atoms with E-state index in [0.717, 1.165) is 27.9 Å². The van der Waals surface area contributed by atoms with E-state index in [2.05, 4.69) is 33.4 Å². The third kappa shape index (κ3) is 2.66. The van der Waals surface area contributed by atoms with Crippen molar-refractivity contribution < 1.29 is 4.79 Å². The fourth-order valence-electron chi connectivity index (χ4n) is 2.50. The van der Waals surface area contributed by atoms with E-state index in [0.29, 0.717) is 6.42 Å². The van der Waals surface area contributed by atoms with Gasteiger partial charge in [0.1, 0.15) is 0 Å². The van der Waals surface area contributed by atoms with Gasteiger partial charge in [-0.05, 0) is 44.9 Å². The van der Waals surface area contributed by atoms with Gasteiger partial charge in [-0.25, -0.2) is 0 Å². The number of benzene rings is 1. The summed E-state index contributed by atoms with van der Waals surface area (Å²) in [5, 5.41) is 5.36. The summed E-state index contributed by atoms with van der Waals surface area (Å²) in [5.41, 5.74) is 2.44. The maximum atomic E-state index is 12.5.